The zero-order valence-electron chi connectivity index (χ0n) is 9.66. The van der Waals surface area contributed by atoms with Crippen LogP contribution in [0.1, 0.15) is 17.3 Å². The number of nitrogens with one attached hydrogen (secondary N) is 1. The third-order valence-corrected chi connectivity index (χ3v) is 2.53. The molecule has 1 N–H and O–H groups in total. The highest BCUT2D eigenvalue weighted by molar-refractivity contribution is 5.98. The molecule has 2 rings (SSSR count). The maximum absolute atomic E-state index is 11.8. The molecule has 2 heteroatoms. The summed E-state index contributed by atoms with van der Waals surface area (Å²) >= 11 is 0. The number of amides is 1. The maximum atomic E-state index is 11.8. The average molecular weight is 223 g/mol. The lowest BCUT2D eigenvalue weighted by Gasteiger charge is -2.03. The number of hydrogen-bond donors (Lipinski definition) is 1. The van der Waals surface area contributed by atoms with Gasteiger partial charge in [-0.25, -0.2) is 0 Å². The summed E-state index contributed by atoms with van der Waals surface area (Å²) in [6, 6.07) is 13.7. The number of rotatable bonds is 2. The van der Waals surface area contributed by atoms with Crippen molar-refractivity contribution in [1.82, 2.24) is 5.32 Å². The molecule has 0 fully saturated rings. The van der Waals surface area contributed by atoms with Crippen molar-refractivity contribution in [2.24, 2.45) is 0 Å². The summed E-state index contributed by atoms with van der Waals surface area (Å²) in [6.45, 7) is 2.14. The van der Waals surface area contributed by atoms with Crippen molar-refractivity contribution in [3.05, 3.63) is 48.0 Å². The first-order valence-electron chi connectivity index (χ1n) is 5.48. The molecule has 2 aromatic rings. The Balaban J connectivity index is 2.23. The van der Waals surface area contributed by atoms with Crippen LogP contribution in [0.4, 0.5) is 0 Å². The molecule has 0 radical (unpaired) electrons. The smallest absolute Gasteiger partial charge is 0.252 e. The van der Waals surface area contributed by atoms with Gasteiger partial charge in [0.25, 0.3) is 5.91 Å². The van der Waals surface area contributed by atoms with Crippen LogP contribution < -0.4 is 5.32 Å². The number of carbonyl (C=O) groups excluding carboxylic acids is 1. The molecule has 2 aromatic carbocycles. The highest BCUT2D eigenvalue weighted by Gasteiger charge is 2.04. The van der Waals surface area contributed by atoms with Gasteiger partial charge >= 0.3 is 0 Å². The van der Waals surface area contributed by atoms with Crippen LogP contribution in [0.25, 0.3) is 10.8 Å². The van der Waals surface area contributed by atoms with Gasteiger partial charge in [0.2, 0.25) is 0 Å². The lowest BCUT2D eigenvalue weighted by molar-refractivity contribution is 0.0959. The summed E-state index contributed by atoms with van der Waals surface area (Å²) in [5, 5.41) is 4.96. The third kappa shape index (κ3) is 2.64. The van der Waals surface area contributed by atoms with E-state index in [0.29, 0.717) is 12.1 Å². The lowest BCUT2D eigenvalue weighted by atomic mass is 10.1. The summed E-state index contributed by atoms with van der Waals surface area (Å²) < 4.78 is 0. The van der Waals surface area contributed by atoms with Gasteiger partial charge in [-0.1, -0.05) is 36.3 Å². The lowest BCUT2D eigenvalue weighted by Crippen LogP contribution is -2.23. The molecule has 0 aromatic heterocycles. The van der Waals surface area contributed by atoms with Crippen LogP contribution in [0.2, 0.25) is 0 Å². The molecule has 0 spiro atoms. The predicted octanol–water partition coefficient (Wildman–Crippen LogP) is 2.59. The third-order valence-electron chi connectivity index (χ3n) is 2.53. The van der Waals surface area contributed by atoms with Gasteiger partial charge in [-0.3, -0.25) is 4.79 Å². The fraction of sp³-hybridized carbons (Fsp3) is 0.133. The van der Waals surface area contributed by atoms with E-state index in [1.807, 2.05) is 42.5 Å². The van der Waals surface area contributed by atoms with Gasteiger partial charge in [-0.2, -0.15) is 0 Å². The summed E-state index contributed by atoms with van der Waals surface area (Å²) in [5.41, 5.74) is 0.668. The van der Waals surface area contributed by atoms with E-state index in [0.717, 1.165) is 10.8 Å². The van der Waals surface area contributed by atoms with Crippen molar-refractivity contribution in [1.29, 1.82) is 0 Å². The zero-order valence-corrected chi connectivity index (χ0v) is 9.66. The molecule has 17 heavy (non-hydrogen) atoms. The Bertz CT molecular complexity index is 605. The fourth-order valence-electron chi connectivity index (χ4n) is 1.65. The van der Waals surface area contributed by atoms with Crippen molar-refractivity contribution in [2.45, 2.75) is 6.92 Å². The van der Waals surface area contributed by atoms with Gasteiger partial charge in [0.15, 0.2) is 0 Å². The van der Waals surface area contributed by atoms with Crippen LogP contribution in [0, 0.1) is 11.8 Å². The normalized spacial score (nSPS) is 9.47. The Morgan fingerprint density at radius 2 is 1.94 bits per heavy atom. The van der Waals surface area contributed by atoms with Crippen molar-refractivity contribution >= 4 is 16.7 Å². The van der Waals surface area contributed by atoms with E-state index in [2.05, 4.69) is 17.2 Å². The Kier molecular flexibility index (Phi) is 3.42. The molecule has 2 nitrogen and oxygen atoms in total. The van der Waals surface area contributed by atoms with E-state index in [9.17, 15) is 4.79 Å². The Morgan fingerprint density at radius 1 is 1.18 bits per heavy atom. The second-order valence-corrected chi connectivity index (χ2v) is 3.67. The van der Waals surface area contributed by atoms with Crippen molar-refractivity contribution < 1.29 is 4.79 Å². The molecule has 0 aliphatic rings. The van der Waals surface area contributed by atoms with E-state index in [1.54, 1.807) is 6.92 Å². The number of fused-ring (bicyclic) bond motifs is 1. The van der Waals surface area contributed by atoms with Gasteiger partial charge < -0.3 is 5.32 Å². The molecular weight excluding hydrogens is 210 g/mol. The molecule has 1 amide bonds. The molecule has 84 valence electrons. The SMILES string of the molecule is CC#CCNC(=O)c1ccc2ccccc2c1. The Hall–Kier alpha value is -2.27. The van der Waals surface area contributed by atoms with E-state index < -0.39 is 0 Å². The summed E-state index contributed by atoms with van der Waals surface area (Å²) in [4.78, 5) is 11.8. The minimum Gasteiger partial charge on any atom is -0.341 e. The van der Waals surface area contributed by atoms with Gasteiger partial charge in [-0.05, 0) is 29.8 Å². The highest BCUT2D eigenvalue weighted by Crippen LogP contribution is 2.15. The molecule has 0 atom stereocenters. The van der Waals surface area contributed by atoms with E-state index in [1.165, 1.54) is 0 Å². The largest absolute Gasteiger partial charge is 0.341 e. The van der Waals surface area contributed by atoms with Crippen molar-refractivity contribution in [3.63, 3.8) is 0 Å². The monoisotopic (exact) mass is 223 g/mol. The van der Waals surface area contributed by atoms with Gasteiger partial charge in [0, 0.05) is 5.56 Å². The summed E-state index contributed by atoms with van der Waals surface area (Å²) in [5.74, 6) is 5.46. The molecule has 0 bridgehead atoms. The quantitative estimate of drug-likeness (QED) is 0.779. The van der Waals surface area contributed by atoms with Crippen LogP contribution >= 0.6 is 0 Å². The van der Waals surface area contributed by atoms with Crippen molar-refractivity contribution in [2.75, 3.05) is 6.54 Å². The second-order valence-electron chi connectivity index (χ2n) is 3.67. The number of carbonyl (C=O) groups is 1. The highest BCUT2D eigenvalue weighted by atomic mass is 16.1. The summed E-state index contributed by atoms with van der Waals surface area (Å²) in [6.07, 6.45) is 0. The minimum absolute atomic E-state index is 0.0847. The van der Waals surface area contributed by atoms with Crippen molar-refractivity contribution in [3.8, 4) is 11.8 Å². The van der Waals surface area contributed by atoms with Gasteiger partial charge in [-0.15, -0.1) is 5.92 Å². The van der Waals surface area contributed by atoms with E-state index >= 15 is 0 Å². The van der Waals surface area contributed by atoms with Crippen LogP contribution in [0.15, 0.2) is 42.5 Å². The van der Waals surface area contributed by atoms with Gasteiger partial charge in [0.1, 0.15) is 0 Å². The standard InChI is InChI=1S/C15H13NO/c1-2-3-10-16-15(17)14-9-8-12-6-4-5-7-13(12)11-14/h4-9,11H,10H2,1H3,(H,16,17). The van der Waals surface area contributed by atoms with Crippen LogP contribution in [-0.2, 0) is 0 Å². The van der Waals surface area contributed by atoms with E-state index in [4.69, 9.17) is 0 Å². The Morgan fingerprint density at radius 3 is 2.71 bits per heavy atom. The second kappa shape index (κ2) is 5.18. The molecule has 0 aliphatic carbocycles. The molecule has 0 unspecified atom stereocenters. The van der Waals surface area contributed by atoms with Gasteiger partial charge in [0.05, 0.1) is 6.54 Å². The van der Waals surface area contributed by atoms with E-state index in [-0.39, 0.29) is 5.91 Å². The molecule has 0 heterocycles. The topological polar surface area (TPSA) is 29.1 Å². The fourth-order valence-corrected chi connectivity index (χ4v) is 1.65. The Labute approximate surface area is 101 Å². The average Bonchev–Trinajstić information content (AvgIpc) is 2.38. The molecule has 0 saturated carbocycles. The predicted molar refractivity (Wildman–Crippen MR) is 69.7 cm³/mol. The first-order valence-corrected chi connectivity index (χ1v) is 5.48. The molecular formula is C15H13NO. The van der Waals surface area contributed by atoms with Crippen LogP contribution in [0.5, 0.6) is 0 Å². The maximum Gasteiger partial charge on any atom is 0.252 e. The summed E-state index contributed by atoms with van der Waals surface area (Å²) in [7, 11) is 0. The number of hydrogen-bond acceptors (Lipinski definition) is 1. The minimum atomic E-state index is -0.0847. The molecule has 0 aliphatic heterocycles. The first kappa shape index (κ1) is 11.2. The molecule has 0 saturated heterocycles. The first-order chi connectivity index (χ1) is 8.31. The zero-order chi connectivity index (χ0) is 12.1. The van der Waals surface area contributed by atoms with Crippen LogP contribution in [0.3, 0.4) is 0 Å². The number of benzene rings is 2. The van der Waals surface area contributed by atoms with Crippen LogP contribution in [-0.4, -0.2) is 12.5 Å².